The highest BCUT2D eigenvalue weighted by Crippen LogP contribution is 2.10. The van der Waals surface area contributed by atoms with Gasteiger partial charge in [-0.15, -0.1) is 0 Å². The lowest BCUT2D eigenvalue weighted by Crippen LogP contribution is -2.23. The summed E-state index contributed by atoms with van der Waals surface area (Å²) in [6.45, 7) is 3.97. The van der Waals surface area contributed by atoms with Crippen LogP contribution in [-0.4, -0.2) is 11.9 Å². The highest BCUT2D eigenvalue weighted by atomic mass is 16.1. The summed E-state index contributed by atoms with van der Waals surface area (Å²) in [4.78, 5) is 10.6. The number of rotatable bonds is 4. The molecule has 0 aliphatic rings. The minimum atomic E-state index is -0.280. The van der Waals surface area contributed by atoms with Crippen molar-refractivity contribution in [2.75, 3.05) is 5.32 Å². The zero-order valence-corrected chi connectivity index (χ0v) is 8.58. The molecule has 1 aromatic carbocycles. The second-order valence-corrected chi connectivity index (χ2v) is 3.58. The third kappa shape index (κ3) is 3.47. The maximum absolute atomic E-state index is 10.6. The third-order valence-corrected chi connectivity index (χ3v) is 1.97. The average molecular weight is 192 g/mol. The molecule has 1 atom stereocenters. The monoisotopic (exact) mass is 192 g/mol. The quantitative estimate of drug-likeness (QED) is 0.762. The van der Waals surface area contributed by atoms with Crippen molar-refractivity contribution >= 4 is 11.6 Å². The SMILES string of the molecule is Cc1ccc(NC(C)CC(N)=O)cc1. The first-order valence-corrected chi connectivity index (χ1v) is 4.69. The lowest BCUT2D eigenvalue weighted by Gasteiger charge is -2.13. The minimum Gasteiger partial charge on any atom is -0.382 e. The summed E-state index contributed by atoms with van der Waals surface area (Å²) in [5.74, 6) is -0.280. The van der Waals surface area contributed by atoms with Crippen LogP contribution in [0.15, 0.2) is 24.3 Å². The Morgan fingerprint density at radius 2 is 2.00 bits per heavy atom. The molecular weight excluding hydrogens is 176 g/mol. The molecule has 3 nitrogen and oxygen atoms in total. The number of nitrogens with one attached hydrogen (secondary N) is 1. The van der Waals surface area contributed by atoms with Crippen LogP contribution in [0.3, 0.4) is 0 Å². The van der Waals surface area contributed by atoms with Crippen molar-refractivity contribution in [3.8, 4) is 0 Å². The number of aryl methyl sites for hydroxylation is 1. The Kier molecular flexibility index (Phi) is 3.51. The lowest BCUT2D eigenvalue weighted by atomic mass is 10.2. The maximum Gasteiger partial charge on any atom is 0.219 e. The van der Waals surface area contributed by atoms with Crippen molar-refractivity contribution in [1.29, 1.82) is 0 Å². The van der Waals surface area contributed by atoms with Gasteiger partial charge in [0, 0.05) is 18.2 Å². The van der Waals surface area contributed by atoms with Crippen LogP contribution in [0.1, 0.15) is 18.9 Å². The molecule has 1 aromatic rings. The van der Waals surface area contributed by atoms with Crippen LogP contribution in [-0.2, 0) is 4.79 Å². The molecule has 0 aromatic heterocycles. The van der Waals surface area contributed by atoms with E-state index in [0.29, 0.717) is 6.42 Å². The molecule has 3 N–H and O–H groups in total. The van der Waals surface area contributed by atoms with Gasteiger partial charge in [0.2, 0.25) is 5.91 Å². The molecule has 0 radical (unpaired) electrons. The van der Waals surface area contributed by atoms with Gasteiger partial charge in [0.1, 0.15) is 0 Å². The van der Waals surface area contributed by atoms with Crippen molar-refractivity contribution in [1.82, 2.24) is 0 Å². The topological polar surface area (TPSA) is 55.1 Å². The van der Waals surface area contributed by atoms with E-state index in [1.165, 1.54) is 5.56 Å². The highest BCUT2D eigenvalue weighted by Gasteiger charge is 2.04. The molecule has 76 valence electrons. The predicted molar refractivity (Wildman–Crippen MR) is 58.1 cm³/mol. The number of hydrogen-bond acceptors (Lipinski definition) is 2. The fourth-order valence-corrected chi connectivity index (χ4v) is 1.29. The summed E-state index contributed by atoms with van der Waals surface area (Å²) in [6, 6.07) is 8.12. The van der Waals surface area contributed by atoms with E-state index < -0.39 is 0 Å². The van der Waals surface area contributed by atoms with E-state index in [-0.39, 0.29) is 11.9 Å². The van der Waals surface area contributed by atoms with Crippen LogP contribution in [0.25, 0.3) is 0 Å². The number of amides is 1. The Hall–Kier alpha value is -1.51. The molecule has 0 aliphatic carbocycles. The summed E-state index contributed by atoms with van der Waals surface area (Å²) in [5.41, 5.74) is 7.33. The maximum atomic E-state index is 10.6. The van der Waals surface area contributed by atoms with Gasteiger partial charge in [0.25, 0.3) is 0 Å². The van der Waals surface area contributed by atoms with Crippen LogP contribution in [0.5, 0.6) is 0 Å². The zero-order valence-electron chi connectivity index (χ0n) is 8.58. The summed E-state index contributed by atoms with van der Waals surface area (Å²) in [7, 11) is 0. The smallest absolute Gasteiger partial charge is 0.219 e. The van der Waals surface area contributed by atoms with E-state index >= 15 is 0 Å². The lowest BCUT2D eigenvalue weighted by molar-refractivity contribution is -0.118. The van der Waals surface area contributed by atoms with Crippen LogP contribution < -0.4 is 11.1 Å². The number of carbonyl (C=O) groups excluding carboxylic acids is 1. The summed E-state index contributed by atoms with van der Waals surface area (Å²) in [5, 5.41) is 3.20. The fourth-order valence-electron chi connectivity index (χ4n) is 1.29. The summed E-state index contributed by atoms with van der Waals surface area (Å²) < 4.78 is 0. The van der Waals surface area contributed by atoms with Crippen molar-refractivity contribution in [2.45, 2.75) is 26.3 Å². The second-order valence-electron chi connectivity index (χ2n) is 3.58. The highest BCUT2D eigenvalue weighted by molar-refractivity contribution is 5.74. The number of nitrogens with two attached hydrogens (primary N) is 1. The number of carbonyl (C=O) groups is 1. The average Bonchev–Trinajstić information content (AvgIpc) is 2.07. The van der Waals surface area contributed by atoms with Crippen LogP contribution in [0.4, 0.5) is 5.69 Å². The summed E-state index contributed by atoms with van der Waals surface area (Å²) in [6.07, 6.45) is 0.355. The zero-order chi connectivity index (χ0) is 10.6. The van der Waals surface area contributed by atoms with Crippen molar-refractivity contribution in [2.24, 2.45) is 5.73 Å². The van der Waals surface area contributed by atoms with Crippen LogP contribution in [0.2, 0.25) is 0 Å². The summed E-state index contributed by atoms with van der Waals surface area (Å²) >= 11 is 0. The third-order valence-electron chi connectivity index (χ3n) is 1.97. The minimum absolute atomic E-state index is 0.0789. The molecule has 0 saturated heterocycles. The second kappa shape index (κ2) is 4.65. The van der Waals surface area contributed by atoms with E-state index in [1.54, 1.807) is 0 Å². The van der Waals surface area contributed by atoms with Gasteiger partial charge in [0.05, 0.1) is 0 Å². The molecule has 0 aliphatic heterocycles. The van der Waals surface area contributed by atoms with E-state index in [1.807, 2.05) is 38.1 Å². The normalized spacial score (nSPS) is 12.1. The molecule has 0 saturated carbocycles. The van der Waals surface area contributed by atoms with E-state index in [2.05, 4.69) is 5.32 Å². The Balaban J connectivity index is 2.51. The van der Waals surface area contributed by atoms with Crippen molar-refractivity contribution < 1.29 is 4.79 Å². The van der Waals surface area contributed by atoms with Gasteiger partial charge in [-0.25, -0.2) is 0 Å². The molecule has 1 amide bonds. The molecule has 3 heteroatoms. The van der Waals surface area contributed by atoms with Crippen molar-refractivity contribution in [3.63, 3.8) is 0 Å². The van der Waals surface area contributed by atoms with Gasteiger partial charge in [-0.2, -0.15) is 0 Å². The Labute approximate surface area is 84.3 Å². The van der Waals surface area contributed by atoms with Crippen LogP contribution in [0, 0.1) is 6.92 Å². The van der Waals surface area contributed by atoms with Crippen LogP contribution >= 0.6 is 0 Å². The molecule has 0 heterocycles. The number of benzene rings is 1. The largest absolute Gasteiger partial charge is 0.382 e. The Morgan fingerprint density at radius 3 is 2.50 bits per heavy atom. The molecule has 1 unspecified atom stereocenters. The molecule has 0 spiro atoms. The number of primary amides is 1. The van der Waals surface area contributed by atoms with Gasteiger partial charge >= 0.3 is 0 Å². The van der Waals surface area contributed by atoms with E-state index in [4.69, 9.17) is 5.73 Å². The van der Waals surface area contributed by atoms with Gasteiger partial charge < -0.3 is 11.1 Å². The number of hydrogen-bond donors (Lipinski definition) is 2. The Morgan fingerprint density at radius 1 is 1.43 bits per heavy atom. The van der Waals surface area contributed by atoms with Crippen molar-refractivity contribution in [3.05, 3.63) is 29.8 Å². The standard InChI is InChI=1S/C11H16N2O/c1-8-3-5-10(6-4-8)13-9(2)7-11(12)14/h3-6,9,13H,7H2,1-2H3,(H2,12,14). The fraction of sp³-hybridized carbons (Fsp3) is 0.364. The first-order chi connectivity index (χ1) is 6.58. The van der Waals surface area contributed by atoms with Gasteiger partial charge in [-0.3, -0.25) is 4.79 Å². The van der Waals surface area contributed by atoms with E-state index in [0.717, 1.165) is 5.69 Å². The molecule has 0 bridgehead atoms. The first kappa shape index (κ1) is 10.6. The van der Waals surface area contributed by atoms with Gasteiger partial charge in [0.15, 0.2) is 0 Å². The molecule has 14 heavy (non-hydrogen) atoms. The van der Waals surface area contributed by atoms with Gasteiger partial charge in [-0.05, 0) is 26.0 Å². The Bertz CT molecular complexity index is 306. The predicted octanol–water partition coefficient (Wildman–Crippen LogP) is 1.67. The molecule has 1 rings (SSSR count). The van der Waals surface area contributed by atoms with E-state index in [9.17, 15) is 4.79 Å². The first-order valence-electron chi connectivity index (χ1n) is 4.69. The van der Waals surface area contributed by atoms with Gasteiger partial charge in [-0.1, -0.05) is 17.7 Å². The molecular formula is C11H16N2O. The number of anilines is 1. The molecule has 0 fully saturated rings.